The predicted octanol–water partition coefficient (Wildman–Crippen LogP) is 1.62. The molecule has 0 N–H and O–H groups in total. The van der Waals surface area contributed by atoms with Gasteiger partial charge in [-0.1, -0.05) is 30.3 Å². The highest BCUT2D eigenvalue weighted by molar-refractivity contribution is 5.94. The van der Waals surface area contributed by atoms with Gasteiger partial charge >= 0.3 is 6.09 Å². The van der Waals surface area contributed by atoms with E-state index in [-0.39, 0.29) is 13.0 Å². The second-order valence-electron chi connectivity index (χ2n) is 3.60. The molecule has 0 bridgehead atoms. The number of rotatable bonds is 2. The van der Waals surface area contributed by atoms with Crippen molar-refractivity contribution in [3.8, 4) is 6.07 Å². The van der Waals surface area contributed by atoms with Gasteiger partial charge in [0.2, 0.25) is 5.91 Å². The molecule has 0 spiro atoms. The van der Waals surface area contributed by atoms with E-state index in [9.17, 15) is 9.59 Å². The fourth-order valence-corrected chi connectivity index (χ4v) is 1.77. The van der Waals surface area contributed by atoms with E-state index >= 15 is 0 Å². The van der Waals surface area contributed by atoms with Gasteiger partial charge in [0.05, 0.1) is 6.07 Å². The summed E-state index contributed by atoms with van der Waals surface area (Å²) >= 11 is 0. The molecule has 17 heavy (non-hydrogen) atoms. The third kappa shape index (κ3) is 2.11. The number of ether oxygens (including phenoxy) is 1. The normalized spacial score (nSPS) is 18.6. The summed E-state index contributed by atoms with van der Waals surface area (Å²) in [7, 11) is 0. The summed E-state index contributed by atoms with van der Waals surface area (Å²) in [5, 5.41) is 8.49. The van der Waals surface area contributed by atoms with Gasteiger partial charge in [0.1, 0.15) is 19.1 Å². The highest BCUT2D eigenvalue weighted by Gasteiger charge is 2.38. The van der Waals surface area contributed by atoms with Crippen molar-refractivity contribution in [2.24, 2.45) is 0 Å². The summed E-state index contributed by atoms with van der Waals surface area (Å²) < 4.78 is 4.86. The summed E-state index contributed by atoms with van der Waals surface area (Å²) in [5.41, 5.74) is 0.824. The third-order valence-corrected chi connectivity index (χ3v) is 2.56. The average molecular weight is 230 g/mol. The number of hydrogen-bond acceptors (Lipinski definition) is 4. The summed E-state index contributed by atoms with van der Waals surface area (Å²) in [6, 6.07) is 10.4. The number of nitrogens with zero attached hydrogens (tertiary/aromatic N) is 2. The molecule has 1 saturated heterocycles. The lowest BCUT2D eigenvalue weighted by Crippen LogP contribution is -2.33. The summed E-state index contributed by atoms with van der Waals surface area (Å²) in [6.45, 7) is 0.139. The lowest BCUT2D eigenvalue weighted by molar-refractivity contribution is -0.128. The Morgan fingerprint density at radius 3 is 2.82 bits per heavy atom. The van der Waals surface area contributed by atoms with E-state index < -0.39 is 18.0 Å². The van der Waals surface area contributed by atoms with Gasteiger partial charge in [-0.3, -0.25) is 4.79 Å². The minimum absolute atomic E-state index is 0.139. The van der Waals surface area contributed by atoms with E-state index in [1.165, 1.54) is 0 Å². The lowest BCUT2D eigenvalue weighted by Gasteiger charge is -2.18. The Labute approximate surface area is 98.2 Å². The Bertz CT molecular complexity index is 478. The monoisotopic (exact) mass is 230 g/mol. The molecule has 5 heteroatoms. The standard InChI is InChI=1S/C12H10N2O3/c13-7-6-11(15)14-10(8-17-12(14)16)9-4-2-1-3-5-9/h1-5,10H,6,8H2/t10-/m0/s1. The minimum Gasteiger partial charge on any atom is -0.446 e. The van der Waals surface area contributed by atoms with E-state index in [1.807, 2.05) is 30.3 Å². The fraction of sp³-hybridized carbons (Fsp3) is 0.250. The van der Waals surface area contributed by atoms with Gasteiger partial charge in [-0.15, -0.1) is 0 Å². The molecule has 0 unspecified atom stereocenters. The maximum absolute atomic E-state index is 11.6. The highest BCUT2D eigenvalue weighted by Crippen LogP contribution is 2.27. The van der Waals surface area contributed by atoms with Crippen LogP contribution in [-0.2, 0) is 9.53 Å². The van der Waals surface area contributed by atoms with Gasteiger partial charge < -0.3 is 4.74 Å². The third-order valence-electron chi connectivity index (χ3n) is 2.56. The molecule has 0 aliphatic carbocycles. The van der Waals surface area contributed by atoms with Crippen LogP contribution >= 0.6 is 0 Å². The van der Waals surface area contributed by atoms with Crippen LogP contribution in [0.15, 0.2) is 30.3 Å². The number of carbonyl (C=O) groups excluding carboxylic acids is 2. The molecule has 1 aliphatic rings. The van der Waals surface area contributed by atoms with Crippen LogP contribution in [0.5, 0.6) is 0 Å². The Kier molecular flexibility index (Phi) is 3.06. The minimum atomic E-state index is -0.681. The van der Waals surface area contributed by atoms with Crippen molar-refractivity contribution in [3.63, 3.8) is 0 Å². The van der Waals surface area contributed by atoms with Crippen molar-refractivity contribution < 1.29 is 14.3 Å². The molecule has 5 nitrogen and oxygen atoms in total. The van der Waals surface area contributed by atoms with Crippen LogP contribution in [0.2, 0.25) is 0 Å². The topological polar surface area (TPSA) is 70.4 Å². The number of cyclic esters (lactones) is 1. The summed E-state index contributed by atoms with van der Waals surface area (Å²) in [6.07, 6.45) is -1.00. The zero-order chi connectivity index (χ0) is 12.3. The van der Waals surface area contributed by atoms with E-state index in [0.29, 0.717) is 0 Å². The number of nitriles is 1. The number of benzene rings is 1. The average Bonchev–Trinajstić information content (AvgIpc) is 2.73. The second-order valence-corrected chi connectivity index (χ2v) is 3.60. The van der Waals surface area contributed by atoms with Crippen LogP contribution < -0.4 is 0 Å². The molecular weight excluding hydrogens is 220 g/mol. The highest BCUT2D eigenvalue weighted by atomic mass is 16.6. The number of hydrogen-bond donors (Lipinski definition) is 0. The molecule has 0 aromatic heterocycles. The van der Waals surface area contributed by atoms with Crippen molar-refractivity contribution >= 4 is 12.0 Å². The maximum atomic E-state index is 11.6. The maximum Gasteiger partial charge on any atom is 0.417 e. The lowest BCUT2D eigenvalue weighted by atomic mass is 10.1. The molecule has 1 aromatic rings. The van der Waals surface area contributed by atoms with Gasteiger partial charge in [0.15, 0.2) is 0 Å². The molecule has 1 fully saturated rings. The van der Waals surface area contributed by atoms with Gasteiger partial charge in [-0.05, 0) is 5.56 Å². The quantitative estimate of drug-likeness (QED) is 0.774. The molecule has 2 amide bonds. The molecular formula is C12H10N2O3. The van der Waals surface area contributed by atoms with Crippen LogP contribution in [0.4, 0.5) is 4.79 Å². The van der Waals surface area contributed by atoms with Crippen LogP contribution in [0, 0.1) is 11.3 Å². The first-order chi connectivity index (χ1) is 8.24. The van der Waals surface area contributed by atoms with E-state index in [1.54, 1.807) is 6.07 Å². The molecule has 86 valence electrons. The Morgan fingerprint density at radius 1 is 1.47 bits per heavy atom. The molecule has 1 aromatic carbocycles. The fourth-order valence-electron chi connectivity index (χ4n) is 1.77. The van der Waals surface area contributed by atoms with Gasteiger partial charge in [0.25, 0.3) is 0 Å². The predicted molar refractivity (Wildman–Crippen MR) is 57.6 cm³/mol. The molecule has 1 atom stereocenters. The van der Waals surface area contributed by atoms with Gasteiger partial charge in [0, 0.05) is 0 Å². The van der Waals surface area contributed by atoms with E-state index in [2.05, 4.69) is 0 Å². The zero-order valence-corrected chi connectivity index (χ0v) is 9.00. The smallest absolute Gasteiger partial charge is 0.417 e. The summed E-state index contributed by atoms with van der Waals surface area (Å²) in [5.74, 6) is -0.524. The van der Waals surface area contributed by atoms with Crippen molar-refractivity contribution in [2.45, 2.75) is 12.5 Å². The van der Waals surface area contributed by atoms with Crippen molar-refractivity contribution in [2.75, 3.05) is 6.61 Å². The largest absolute Gasteiger partial charge is 0.446 e. The van der Waals surface area contributed by atoms with Gasteiger partial charge in [-0.25, -0.2) is 9.69 Å². The van der Waals surface area contributed by atoms with Crippen LogP contribution in [0.25, 0.3) is 0 Å². The van der Waals surface area contributed by atoms with Crippen LogP contribution in [0.1, 0.15) is 18.0 Å². The van der Waals surface area contributed by atoms with Crippen molar-refractivity contribution in [1.29, 1.82) is 5.26 Å². The number of carbonyl (C=O) groups is 2. The Hall–Kier alpha value is -2.35. The van der Waals surface area contributed by atoms with Crippen molar-refractivity contribution in [3.05, 3.63) is 35.9 Å². The molecule has 1 heterocycles. The SMILES string of the molecule is N#CCC(=O)N1C(=O)OC[C@H]1c1ccccc1. The molecule has 1 aliphatic heterocycles. The second kappa shape index (κ2) is 4.66. The molecule has 0 radical (unpaired) electrons. The summed E-state index contributed by atoms with van der Waals surface area (Å²) in [4.78, 5) is 24.1. The van der Waals surface area contributed by atoms with E-state index in [4.69, 9.17) is 10.00 Å². The zero-order valence-electron chi connectivity index (χ0n) is 9.00. The molecule has 0 saturated carbocycles. The van der Waals surface area contributed by atoms with Gasteiger partial charge in [-0.2, -0.15) is 5.26 Å². The number of amides is 2. The first-order valence-corrected chi connectivity index (χ1v) is 5.14. The Morgan fingerprint density at radius 2 is 2.18 bits per heavy atom. The first kappa shape index (κ1) is 11.1. The van der Waals surface area contributed by atoms with E-state index in [0.717, 1.165) is 10.5 Å². The number of imide groups is 1. The van der Waals surface area contributed by atoms with Crippen molar-refractivity contribution in [1.82, 2.24) is 4.90 Å². The molecule has 2 rings (SSSR count). The van der Waals surface area contributed by atoms with Crippen LogP contribution in [-0.4, -0.2) is 23.5 Å². The first-order valence-electron chi connectivity index (χ1n) is 5.14. The Balaban J connectivity index is 2.26. The van der Waals surface area contributed by atoms with Crippen LogP contribution in [0.3, 0.4) is 0 Å².